The fraction of sp³-hybridized carbons (Fsp3) is 0.818. The van der Waals surface area contributed by atoms with E-state index in [1.54, 1.807) is 5.57 Å². The van der Waals surface area contributed by atoms with E-state index in [-0.39, 0.29) is 0 Å². The minimum Gasteiger partial charge on any atom is -0.0770 e. The van der Waals surface area contributed by atoms with Crippen LogP contribution >= 0.6 is 0 Å². The van der Waals surface area contributed by atoms with E-state index in [1.165, 1.54) is 12.0 Å². The fourth-order valence-electron chi connectivity index (χ4n) is 1.46. The van der Waals surface area contributed by atoms with Gasteiger partial charge in [-0.05, 0) is 32.1 Å². The van der Waals surface area contributed by atoms with Crippen molar-refractivity contribution in [3.63, 3.8) is 0 Å². The van der Waals surface area contributed by atoms with Gasteiger partial charge in [0, 0.05) is 0 Å². The van der Waals surface area contributed by atoms with Gasteiger partial charge in [0.25, 0.3) is 0 Å². The van der Waals surface area contributed by atoms with Crippen LogP contribution in [-0.2, 0) is 0 Å². The van der Waals surface area contributed by atoms with Crippen LogP contribution in [0.5, 0.6) is 0 Å². The summed E-state index contributed by atoms with van der Waals surface area (Å²) in [5.41, 5.74) is 3.15. The van der Waals surface area contributed by atoms with Crippen LogP contribution in [0.15, 0.2) is 11.1 Å². The van der Waals surface area contributed by atoms with Crippen molar-refractivity contribution in [3.05, 3.63) is 11.1 Å². The van der Waals surface area contributed by atoms with E-state index in [2.05, 4.69) is 41.5 Å². The van der Waals surface area contributed by atoms with Crippen LogP contribution in [0.1, 0.15) is 48.0 Å². The summed E-state index contributed by atoms with van der Waals surface area (Å²) in [6.45, 7) is 13.6. The Bertz CT molecular complexity index is 134. The number of hydrogen-bond acceptors (Lipinski definition) is 0. The van der Waals surface area contributed by atoms with E-state index in [9.17, 15) is 0 Å². The minimum absolute atomic E-state index is 0.724. The van der Waals surface area contributed by atoms with Crippen LogP contribution in [0.4, 0.5) is 0 Å². The molecule has 66 valence electrons. The standard InChI is InChI=1S/C11H22/c1-8(2)7-11(9(3)4)10(5)6/h8-9H,7H2,1-6H3. The van der Waals surface area contributed by atoms with Crippen molar-refractivity contribution in [2.24, 2.45) is 11.8 Å². The van der Waals surface area contributed by atoms with Gasteiger partial charge in [0.05, 0.1) is 0 Å². The summed E-state index contributed by atoms with van der Waals surface area (Å²) in [6, 6.07) is 0. The lowest BCUT2D eigenvalue weighted by atomic mass is 9.91. The quantitative estimate of drug-likeness (QED) is 0.538. The third-order valence-electron chi connectivity index (χ3n) is 1.97. The highest BCUT2D eigenvalue weighted by atomic mass is 14.1. The van der Waals surface area contributed by atoms with Crippen LogP contribution in [0.25, 0.3) is 0 Å². The molecule has 0 aromatic carbocycles. The molecule has 0 fully saturated rings. The van der Waals surface area contributed by atoms with E-state index >= 15 is 0 Å². The Kier molecular flexibility index (Phi) is 4.48. The lowest BCUT2D eigenvalue weighted by Crippen LogP contribution is -2.00. The Morgan fingerprint density at radius 1 is 1.00 bits per heavy atom. The second kappa shape index (κ2) is 4.58. The number of allylic oxidation sites excluding steroid dienone is 2. The Morgan fingerprint density at radius 3 is 1.55 bits per heavy atom. The molecule has 0 N–H and O–H groups in total. The maximum Gasteiger partial charge on any atom is -0.0258 e. The molecule has 0 bridgehead atoms. The molecule has 0 saturated heterocycles. The summed E-state index contributed by atoms with van der Waals surface area (Å²) in [4.78, 5) is 0. The molecule has 0 heteroatoms. The topological polar surface area (TPSA) is 0 Å². The molecule has 0 aliphatic carbocycles. The molecule has 0 aliphatic rings. The lowest BCUT2D eigenvalue weighted by Gasteiger charge is -2.15. The second-order valence-electron chi connectivity index (χ2n) is 4.28. The monoisotopic (exact) mass is 154 g/mol. The van der Waals surface area contributed by atoms with Crippen molar-refractivity contribution in [1.82, 2.24) is 0 Å². The minimum atomic E-state index is 0.724. The van der Waals surface area contributed by atoms with Crippen molar-refractivity contribution in [2.45, 2.75) is 48.0 Å². The molecule has 0 amide bonds. The molecular formula is C11H22. The van der Waals surface area contributed by atoms with E-state index in [1.807, 2.05) is 0 Å². The van der Waals surface area contributed by atoms with Gasteiger partial charge < -0.3 is 0 Å². The molecular weight excluding hydrogens is 132 g/mol. The molecule has 0 unspecified atom stereocenters. The van der Waals surface area contributed by atoms with Crippen LogP contribution < -0.4 is 0 Å². The molecule has 0 aliphatic heterocycles. The van der Waals surface area contributed by atoms with Crippen LogP contribution in [0.2, 0.25) is 0 Å². The average Bonchev–Trinajstić information content (AvgIpc) is 1.81. The van der Waals surface area contributed by atoms with Crippen molar-refractivity contribution < 1.29 is 0 Å². The first-order valence-corrected chi connectivity index (χ1v) is 4.61. The van der Waals surface area contributed by atoms with E-state index in [4.69, 9.17) is 0 Å². The molecule has 0 aromatic heterocycles. The summed E-state index contributed by atoms with van der Waals surface area (Å²) in [7, 11) is 0. The zero-order valence-corrected chi connectivity index (χ0v) is 8.86. The summed E-state index contributed by atoms with van der Waals surface area (Å²) in [5.74, 6) is 1.52. The van der Waals surface area contributed by atoms with Crippen molar-refractivity contribution in [3.8, 4) is 0 Å². The van der Waals surface area contributed by atoms with Gasteiger partial charge in [-0.2, -0.15) is 0 Å². The van der Waals surface area contributed by atoms with Gasteiger partial charge >= 0.3 is 0 Å². The molecule has 11 heavy (non-hydrogen) atoms. The average molecular weight is 154 g/mol. The third kappa shape index (κ3) is 4.23. The van der Waals surface area contributed by atoms with Gasteiger partial charge in [0.1, 0.15) is 0 Å². The van der Waals surface area contributed by atoms with Crippen LogP contribution in [0.3, 0.4) is 0 Å². The third-order valence-corrected chi connectivity index (χ3v) is 1.97. The largest absolute Gasteiger partial charge is 0.0770 e. The van der Waals surface area contributed by atoms with E-state index in [0.717, 1.165) is 11.8 Å². The van der Waals surface area contributed by atoms with Crippen molar-refractivity contribution >= 4 is 0 Å². The van der Waals surface area contributed by atoms with Gasteiger partial charge in [-0.25, -0.2) is 0 Å². The zero-order valence-electron chi connectivity index (χ0n) is 8.86. The summed E-state index contributed by atoms with van der Waals surface area (Å²) < 4.78 is 0. The first-order chi connectivity index (χ1) is 4.95. The Labute approximate surface area is 71.7 Å². The first kappa shape index (κ1) is 10.7. The van der Waals surface area contributed by atoms with Gasteiger partial charge in [-0.1, -0.05) is 38.8 Å². The van der Waals surface area contributed by atoms with Crippen molar-refractivity contribution in [1.29, 1.82) is 0 Å². The number of hydrogen-bond donors (Lipinski definition) is 0. The Hall–Kier alpha value is -0.260. The molecule has 0 aromatic rings. The van der Waals surface area contributed by atoms with Gasteiger partial charge in [-0.15, -0.1) is 0 Å². The van der Waals surface area contributed by atoms with Crippen LogP contribution in [0, 0.1) is 11.8 Å². The summed E-state index contributed by atoms with van der Waals surface area (Å²) >= 11 is 0. The fourth-order valence-corrected chi connectivity index (χ4v) is 1.46. The molecule has 0 saturated carbocycles. The second-order valence-corrected chi connectivity index (χ2v) is 4.28. The Balaban J connectivity index is 4.26. The zero-order chi connectivity index (χ0) is 9.02. The summed E-state index contributed by atoms with van der Waals surface area (Å²) in [6.07, 6.45) is 1.26. The number of rotatable bonds is 3. The first-order valence-electron chi connectivity index (χ1n) is 4.61. The highest BCUT2D eigenvalue weighted by Crippen LogP contribution is 2.22. The normalized spacial score (nSPS) is 10.9. The SMILES string of the molecule is CC(C)=C(CC(C)C)C(C)C. The van der Waals surface area contributed by atoms with Crippen molar-refractivity contribution in [2.75, 3.05) is 0 Å². The van der Waals surface area contributed by atoms with Crippen LogP contribution in [-0.4, -0.2) is 0 Å². The van der Waals surface area contributed by atoms with E-state index < -0.39 is 0 Å². The lowest BCUT2D eigenvalue weighted by molar-refractivity contribution is 0.581. The predicted octanol–water partition coefficient (Wildman–Crippen LogP) is 4.02. The molecule has 0 heterocycles. The molecule has 0 spiro atoms. The highest BCUT2D eigenvalue weighted by Gasteiger charge is 2.06. The smallest absolute Gasteiger partial charge is 0.0258 e. The van der Waals surface area contributed by atoms with Gasteiger partial charge in [0.2, 0.25) is 0 Å². The highest BCUT2D eigenvalue weighted by molar-refractivity contribution is 5.12. The van der Waals surface area contributed by atoms with E-state index in [0.29, 0.717) is 0 Å². The van der Waals surface area contributed by atoms with Gasteiger partial charge in [-0.3, -0.25) is 0 Å². The summed E-state index contributed by atoms with van der Waals surface area (Å²) in [5, 5.41) is 0. The molecule has 0 nitrogen and oxygen atoms in total. The maximum atomic E-state index is 2.28. The molecule has 0 rings (SSSR count). The van der Waals surface area contributed by atoms with Gasteiger partial charge in [0.15, 0.2) is 0 Å². The molecule has 0 radical (unpaired) electrons. The Morgan fingerprint density at radius 2 is 1.45 bits per heavy atom. The predicted molar refractivity (Wildman–Crippen MR) is 52.7 cm³/mol. The maximum absolute atomic E-state index is 2.28. The molecule has 0 atom stereocenters.